The normalized spacial score (nSPS) is 18.5. The number of amidine groups is 1. The van der Waals surface area contributed by atoms with Gasteiger partial charge in [-0.25, -0.2) is 0 Å². The molecule has 0 aliphatic carbocycles. The Morgan fingerprint density at radius 3 is 2.55 bits per heavy atom. The Kier molecular flexibility index (Phi) is 7.18. The smallest absolute Gasteiger partial charge is 0.238 e. The number of amides is 2. The van der Waals surface area contributed by atoms with Crippen LogP contribution in [0, 0.1) is 0 Å². The fourth-order valence-electron chi connectivity index (χ4n) is 2.41. The molecular weight excluding hydrogens is 455 g/mol. The highest BCUT2D eigenvalue weighted by atomic mass is 35.5. The van der Waals surface area contributed by atoms with Gasteiger partial charge in [0, 0.05) is 17.1 Å². The second kappa shape index (κ2) is 9.63. The first kappa shape index (κ1) is 21.6. The van der Waals surface area contributed by atoms with Gasteiger partial charge in [0.1, 0.15) is 5.25 Å². The molecule has 3 rings (SSSR count). The minimum absolute atomic E-state index is 0.0245. The van der Waals surface area contributed by atoms with E-state index in [1.54, 1.807) is 37.3 Å². The Labute approximate surface area is 186 Å². The molecule has 2 aromatic rings. The van der Waals surface area contributed by atoms with Crippen LogP contribution in [-0.4, -0.2) is 27.9 Å². The van der Waals surface area contributed by atoms with Crippen molar-refractivity contribution in [1.29, 1.82) is 0 Å². The van der Waals surface area contributed by atoms with Crippen molar-refractivity contribution in [3.8, 4) is 0 Å². The van der Waals surface area contributed by atoms with Gasteiger partial charge >= 0.3 is 0 Å². The Hall–Kier alpha value is -2.06. The van der Waals surface area contributed by atoms with Crippen LogP contribution < -0.4 is 10.6 Å². The van der Waals surface area contributed by atoms with E-state index in [9.17, 15) is 9.59 Å². The SMILES string of the molecule is C/C(=N/N=C1/NC(=O)C[C@H](C(=O)Nc2ccc(Cl)c(Cl)c2)S1)c1ccc(Cl)cc1. The van der Waals surface area contributed by atoms with Crippen molar-refractivity contribution in [2.45, 2.75) is 18.6 Å². The third-order valence-electron chi connectivity index (χ3n) is 3.90. The van der Waals surface area contributed by atoms with Gasteiger partial charge < -0.3 is 10.6 Å². The average Bonchev–Trinajstić information content (AvgIpc) is 2.69. The summed E-state index contributed by atoms with van der Waals surface area (Å²) in [6, 6.07) is 11.9. The quantitative estimate of drug-likeness (QED) is 0.489. The van der Waals surface area contributed by atoms with Crippen molar-refractivity contribution in [2.75, 3.05) is 5.32 Å². The van der Waals surface area contributed by atoms with E-state index in [1.165, 1.54) is 0 Å². The molecule has 1 fully saturated rings. The van der Waals surface area contributed by atoms with Crippen LogP contribution in [0.5, 0.6) is 0 Å². The third kappa shape index (κ3) is 5.96. The molecule has 150 valence electrons. The zero-order chi connectivity index (χ0) is 21.0. The summed E-state index contributed by atoms with van der Waals surface area (Å²) < 4.78 is 0. The molecule has 1 aliphatic heterocycles. The lowest BCUT2D eigenvalue weighted by Gasteiger charge is -2.21. The van der Waals surface area contributed by atoms with E-state index in [-0.39, 0.29) is 23.4 Å². The highest BCUT2D eigenvalue weighted by Gasteiger charge is 2.30. The van der Waals surface area contributed by atoms with Gasteiger partial charge in [-0.1, -0.05) is 58.7 Å². The van der Waals surface area contributed by atoms with Crippen LogP contribution in [-0.2, 0) is 9.59 Å². The summed E-state index contributed by atoms with van der Waals surface area (Å²) >= 11 is 18.9. The second-order valence-electron chi connectivity index (χ2n) is 6.07. The minimum atomic E-state index is -0.650. The number of halogens is 3. The fraction of sp³-hybridized carbons (Fsp3) is 0.158. The first-order valence-corrected chi connectivity index (χ1v) is 10.4. The largest absolute Gasteiger partial charge is 0.325 e. The minimum Gasteiger partial charge on any atom is -0.325 e. The molecule has 2 N–H and O–H groups in total. The summed E-state index contributed by atoms with van der Waals surface area (Å²) in [5, 5.41) is 14.5. The van der Waals surface area contributed by atoms with Crippen molar-refractivity contribution < 1.29 is 9.59 Å². The van der Waals surface area contributed by atoms with Gasteiger partial charge in [0.05, 0.1) is 15.8 Å². The first-order chi connectivity index (χ1) is 13.8. The molecule has 29 heavy (non-hydrogen) atoms. The van der Waals surface area contributed by atoms with Crippen LogP contribution in [0.1, 0.15) is 18.9 Å². The molecule has 1 atom stereocenters. The monoisotopic (exact) mass is 468 g/mol. The Balaban J connectivity index is 1.70. The highest BCUT2D eigenvalue weighted by Crippen LogP contribution is 2.27. The van der Waals surface area contributed by atoms with Gasteiger partial charge in [-0.15, -0.1) is 5.10 Å². The number of nitrogens with zero attached hydrogens (tertiary/aromatic N) is 2. The number of hydrogen-bond donors (Lipinski definition) is 2. The number of anilines is 1. The molecule has 0 bridgehead atoms. The van der Waals surface area contributed by atoms with Crippen LogP contribution in [0.25, 0.3) is 0 Å². The van der Waals surface area contributed by atoms with Crippen LogP contribution >= 0.6 is 46.6 Å². The maximum atomic E-state index is 12.6. The van der Waals surface area contributed by atoms with E-state index in [0.717, 1.165) is 17.3 Å². The summed E-state index contributed by atoms with van der Waals surface area (Å²) in [5.74, 6) is -0.648. The van der Waals surface area contributed by atoms with E-state index in [4.69, 9.17) is 34.8 Å². The van der Waals surface area contributed by atoms with Crippen molar-refractivity contribution in [3.05, 3.63) is 63.1 Å². The number of carbonyl (C=O) groups is 2. The zero-order valence-corrected chi connectivity index (χ0v) is 18.2. The van der Waals surface area contributed by atoms with Crippen LogP contribution in [0.4, 0.5) is 5.69 Å². The van der Waals surface area contributed by atoms with Crippen molar-refractivity contribution >= 4 is 74.9 Å². The number of hydrogen-bond acceptors (Lipinski definition) is 5. The number of rotatable bonds is 4. The lowest BCUT2D eigenvalue weighted by atomic mass is 10.1. The van der Waals surface area contributed by atoms with Gasteiger partial charge in [0.15, 0.2) is 5.17 Å². The summed E-state index contributed by atoms with van der Waals surface area (Å²) in [4.78, 5) is 24.6. The number of thioether (sulfide) groups is 1. The molecule has 2 aromatic carbocycles. The zero-order valence-electron chi connectivity index (χ0n) is 15.1. The molecule has 6 nitrogen and oxygen atoms in total. The Morgan fingerprint density at radius 1 is 1.14 bits per heavy atom. The lowest BCUT2D eigenvalue weighted by Crippen LogP contribution is -2.41. The van der Waals surface area contributed by atoms with Crippen molar-refractivity contribution in [2.24, 2.45) is 10.2 Å². The molecule has 1 saturated heterocycles. The topological polar surface area (TPSA) is 82.9 Å². The van der Waals surface area contributed by atoms with Gasteiger partial charge in [0.2, 0.25) is 11.8 Å². The van der Waals surface area contributed by atoms with Crippen molar-refractivity contribution in [3.63, 3.8) is 0 Å². The van der Waals surface area contributed by atoms with E-state index < -0.39 is 5.25 Å². The maximum absolute atomic E-state index is 12.6. The number of benzene rings is 2. The van der Waals surface area contributed by atoms with Crippen LogP contribution in [0.3, 0.4) is 0 Å². The third-order valence-corrected chi connectivity index (χ3v) is 5.97. The van der Waals surface area contributed by atoms with Gasteiger partial charge in [-0.3, -0.25) is 9.59 Å². The molecule has 0 radical (unpaired) electrons. The molecule has 0 unspecified atom stereocenters. The van der Waals surface area contributed by atoms with Gasteiger partial charge in [0.25, 0.3) is 0 Å². The van der Waals surface area contributed by atoms with Crippen molar-refractivity contribution in [1.82, 2.24) is 5.32 Å². The lowest BCUT2D eigenvalue weighted by molar-refractivity contribution is -0.123. The average molecular weight is 470 g/mol. The van der Waals surface area contributed by atoms with Gasteiger partial charge in [-0.2, -0.15) is 5.10 Å². The second-order valence-corrected chi connectivity index (χ2v) is 8.52. The Morgan fingerprint density at radius 2 is 1.86 bits per heavy atom. The summed E-state index contributed by atoms with van der Waals surface area (Å²) in [6.45, 7) is 1.79. The van der Waals surface area contributed by atoms with E-state index >= 15 is 0 Å². The Bertz CT molecular complexity index is 1010. The molecule has 0 aromatic heterocycles. The predicted molar refractivity (Wildman–Crippen MR) is 120 cm³/mol. The van der Waals surface area contributed by atoms with Gasteiger partial charge in [-0.05, 0) is 42.8 Å². The molecule has 0 spiro atoms. The standard InChI is InChI=1S/C19H15Cl3N4O2S/c1-10(11-2-4-12(20)5-3-11)25-26-19-24-17(27)9-16(29-19)18(28)23-13-6-7-14(21)15(22)8-13/h2-8,16H,9H2,1H3,(H,23,28)(H,24,26,27)/b25-10-/t16-/m1/s1. The first-order valence-electron chi connectivity index (χ1n) is 8.42. The van der Waals surface area contributed by atoms with E-state index in [0.29, 0.717) is 26.5 Å². The van der Waals surface area contributed by atoms with E-state index in [1.807, 2.05) is 12.1 Å². The number of carbonyl (C=O) groups excluding carboxylic acids is 2. The molecule has 1 heterocycles. The fourth-order valence-corrected chi connectivity index (χ4v) is 3.76. The van der Waals surface area contributed by atoms with Crippen LogP contribution in [0.15, 0.2) is 52.7 Å². The van der Waals surface area contributed by atoms with E-state index in [2.05, 4.69) is 20.8 Å². The molecular formula is C19H15Cl3N4O2S. The molecule has 0 saturated carbocycles. The molecule has 2 amide bonds. The predicted octanol–water partition coefficient (Wildman–Crippen LogP) is 4.99. The van der Waals surface area contributed by atoms with Crippen LogP contribution in [0.2, 0.25) is 15.1 Å². The summed E-state index contributed by atoms with van der Waals surface area (Å²) in [7, 11) is 0. The number of nitrogens with one attached hydrogen (secondary N) is 2. The summed E-state index contributed by atoms with van der Waals surface area (Å²) in [6.07, 6.45) is 0.0245. The molecule has 10 heteroatoms. The molecule has 1 aliphatic rings. The summed E-state index contributed by atoms with van der Waals surface area (Å²) in [5.41, 5.74) is 1.98. The maximum Gasteiger partial charge on any atom is 0.238 e. The highest BCUT2D eigenvalue weighted by molar-refractivity contribution is 8.15.